The number of nitrogens with zero attached hydrogens (tertiary/aromatic N) is 4. The van der Waals surface area contributed by atoms with E-state index in [1.54, 1.807) is 23.1 Å². The average Bonchev–Trinajstić information content (AvgIpc) is 3.22. The molecule has 118 valence electrons. The molecule has 23 heavy (non-hydrogen) atoms. The Hall–Kier alpha value is -2.41. The molecule has 0 bridgehead atoms. The van der Waals surface area contributed by atoms with Crippen molar-refractivity contribution in [2.75, 3.05) is 6.54 Å². The summed E-state index contributed by atoms with van der Waals surface area (Å²) in [5.74, 6) is 0.314. The fourth-order valence-corrected chi connectivity index (χ4v) is 2.81. The van der Waals surface area contributed by atoms with E-state index in [4.69, 9.17) is 16.1 Å². The molecule has 2 heterocycles. The minimum Gasteiger partial charge on any atom is -0.334 e. The first kappa shape index (κ1) is 14.2. The standard InChI is InChI=1S/C15H13ClN4O3/c16-11-4-2-1-3-10(11)14-17-12(18-23-14)7-20-13(21)8-19(15(20)22)9-5-6-9/h1-4,9H,5-8H2. The fourth-order valence-electron chi connectivity index (χ4n) is 2.59. The number of hydrogen-bond acceptors (Lipinski definition) is 5. The predicted octanol–water partition coefficient (Wildman–Crippen LogP) is 2.32. The maximum atomic E-state index is 12.3. The minimum atomic E-state index is -0.276. The fraction of sp³-hybridized carbons (Fsp3) is 0.333. The molecule has 0 N–H and O–H groups in total. The SMILES string of the molecule is O=C1CN(C2CC2)C(=O)N1Cc1noc(-c2ccccc2Cl)n1. The lowest BCUT2D eigenvalue weighted by atomic mass is 10.2. The van der Waals surface area contributed by atoms with Crippen LogP contribution >= 0.6 is 11.6 Å². The third kappa shape index (κ3) is 2.57. The Kier molecular flexibility index (Phi) is 3.30. The Bertz CT molecular complexity index is 787. The molecule has 1 aromatic heterocycles. The molecular weight excluding hydrogens is 320 g/mol. The topological polar surface area (TPSA) is 79.5 Å². The number of aromatic nitrogens is 2. The summed E-state index contributed by atoms with van der Waals surface area (Å²) in [6, 6.07) is 7.04. The van der Waals surface area contributed by atoms with Crippen molar-refractivity contribution in [3.05, 3.63) is 35.1 Å². The molecule has 7 nitrogen and oxygen atoms in total. The highest BCUT2D eigenvalue weighted by molar-refractivity contribution is 6.33. The maximum absolute atomic E-state index is 12.3. The third-order valence-electron chi connectivity index (χ3n) is 3.94. The van der Waals surface area contributed by atoms with Gasteiger partial charge in [-0.3, -0.25) is 9.69 Å². The molecule has 0 spiro atoms. The lowest BCUT2D eigenvalue weighted by Gasteiger charge is -2.14. The van der Waals surface area contributed by atoms with Crippen molar-refractivity contribution in [3.8, 4) is 11.5 Å². The van der Waals surface area contributed by atoms with Crippen LogP contribution in [0, 0.1) is 0 Å². The van der Waals surface area contributed by atoms with Gasteiger partial charge in [0.15, 0.2) is 5.82 Å². The van der Waals surface area contributed by atoms with Crippen LogP contribution in [0.2, 0.25) is 5.02 Å². The van der Waals surface area contributed by atoms with Gasteiger partial charge >= 0.3 is 6.03 Å². The molecule has 2 aliphatic rings. The lowest BCUT2D eigenvalue weighted by Crippen LogP contribution is -2.34. The Balaban J connectivity index is 1.53. The largest absolute Gasteiger partial charge is 0.334 e. The van der Waals surface area contributed by atoms with Gasteiger partial charge < -0.3 is 9.42 Å². The van der Waals surface area contributed by atoms with Crippen LogP contribution in [0.4, 0.5) is 4.79 Å². The molecule has 1 aliphatic heterocycles. The Morgan fingerprint density at radius 3 is 2.78 bits per heavy atom. The van der Waals surface area contributed by atoms with Crippen LogP contribution in [-0.4, -0.2) is 44.5 Å². The van der Waals surface area contributed by atoms with Crippen LogP contribution in [0.25, 0.3) is 11.5 Å². The Morgan fingerprint density at radius 2 is 2.04 bits per heavy atom. The highest BCUT2D eigenvalue weighted by Gasteiger charge is 2.44. The lowest BCUT2D eigenvalue weighted by molar-refractivity contribution is -0.125. The minimum absolute atomic E-state index is 0.00877. The van der Waals surface area contributed by atoms with Gasteiger partial charge in [-0.15, -0.1) is 0 Å². The first-order chi connectivity index (χ1) is 11.1. The number of amides is 3. The van der Waals surface area contributed by atoms with Gasteiger partial charge in [-0.1, -0.05) is 28.9 Å². The quantitative estimate of drug-likeness (QED) is 0.803. The summed E-state index contributed by atoms with van der Waals surface area (Å²) in [5.41, 5.74) is 0.617. The summed E-state index contributed by atoms with van der Waals surface area (Å²) in [6.45, 7) is 0.146. The summed E-state index contributed by atoms with van der Waals surface area (Å²) >= 11 is 6.09. The van der Waals surface area contributed by atoms with E-state index in [1.165, 1.54) is 4.90 Å². The van der Waals surface area contributed by atoms with Gasteiger partial charge in [0.25, 0.3) is 11.8 Å². The molecule has 3 amide bonds. The Labute approximate surface area is 136 Å². The number of carbonyl (C=O) groups is 2. The number of benzene rings is 1. The van der Waals surface area contributed by atoms with Gasteiger partial charge in [0.05, 0.1) is 17.1 Å². The first-order valence-corrected chi connectivity index (χ1v) is 7.70. The molecule has 0 unspecified atom stereocenters. The number of carbonyl (C=O) groups excluding carboxylic acids is 2. The zero-order chi connectivity index (χ0) is 16.0. The van der Waals surface area contributed by atoms with Crippen LogP contribution < -0.4 is 0 Å². The van der Waals surface area contributed by atoms with Crippen LogP contribution in [0.15, 0.2) is 28.8 Å². The monoisotopic (exact) mass is 332 g/mol. The number of imide groups is 1. The molecule has 1 aliphatic carbocycles. The van der Waals surface area contributed by atoms with Gasteiger partial charge in [0, 0.05) is 6.04 Å². The number of urea groups is 1. The van der Waals surface area contributed by atoms with E-state index < -0.39 is 0 Å². The molecule has 0 radical (unpaired) electrons. The second-order valence-corrected chi connectivity index (χ2v) is 6.02. The highest BCUT2D eigenvalue weighted by atomic mass is 35.5. The number of rotatable bonds is 4. The third-order valence-corrected chi connectivity index (χ3v) is 4.27. The molecule has 0 atom stereocenters. The summed E-state index contributed by atoms with van der Waals surface area (Å²) in [7, 11) is 0. The van der Waals surface area contributed by atoms with Crippen molar-refractivity contribution < 1.29 is 14.1 Å². The van der Waals surface area contributed by atoms with E-state index >= 15 is 0 Å². The van der Waals surface area contributed by atoms with Crippen LogP contribution in [0.1, 0.15) is 18.7 Å². The molecule has 1 saturated heterocycles. The number of halogens is 1. The smallest absolute Gasteiger partial charge is 0.327 e. The number of hydrogen-bond donors (Lipinski definition) is 0. The van der Waals surface area contributed by atoms with Crippen molar-refractivity contribution in [3.63, 3.8) is 0 Å². The van der Waals surface area contributed by atoms with E-state index in [0.717, 1.165) is 12.8 Å². The van der Waals surface area contributed by atoms with E-state index in [2.05, 4.69) is 10.1 Å². The summed E-state index contributed by atoms with van der Waals surface area (Å²) in [4.78, 5) is 31.3. The second-order valence-electron chi connectivity index (χ2n) is 5.62. The molecular formula is C15H13ClN4O3. The predicted molar refractivity (Wildman–Crippen MR) is 80.4 cm³/mol. The molecule has 1 aromatic carbocycles. The van der Waals surface area contributed by atoms with Crippen molar-refractivity contribution in [2.45, 2.75) is 25.4 Å². The van der Waals surface area contributed by atoms with Crippen LogP contribution in [0.3, 0.4) is 0 Å². The summed E-state index contributed by atoms with van der Waals surface area (Å²) in [6.07, 6.45) is 1.93. The molecule has 1 saturated carbocycles. The van der Waals surface area contributed by atoms with E-state index in [0.29, 0.717) is 10.6 Å². The zero-order valence-electron chi connectivity index (χ0n) is 12.1. The van der Waals surface area contributed by atoms with Crippen molar-refractivity contribution >= 4 is 23.5 Å². The van der Waals surface area contributed by atoms with Crippen LogP contribution in [0.5, 0.6) is 0 Å². The summed E-state index contributed by atoms with van der Waals surface area (Å²) < 4.78 is 5.19. The van der Waals surface area contributed by atoms with E-state index in [-0.39, 0.29) is 42.8 Å². The highest BCUT2D eigenvalue weighted by Crippen LogP contribution is 2.31. The van der Waals surface area contributed by atoms with Crippen LogP contribution in [-0.2, 0) is 11.3 Å². The van der Waals surface area contributed by atoms with Gasteiger partial charge in [0.2, 0.25) is 0 Å². The maximum Gasteiger partial charge on any atom is 0.327 e. The molecule has 4 rings (SSSR count). The molecule has 8 heteroatoms. The van der Waals surface area contributed by atoms with Crippen molar-refractivity contribution in [1.82, 2.24) is 19.9 Å². The van der Waals surface area contributed by atoms with E-state index in [9.17, 15) is 9.59 Å². The Morgan fingerprint density at radius 1 is 1.26 bits per heavy atom. The first-order valence-electron chi connectivity index (χ1n) is 7.32. The molecule has 2 aromatic rings. The second kappa shape index (κ2) is 5.34. The normalized spacial score (nSPS) is 18.1. The summed E-state index contributed by atoms with van der Waals surface area (Å²) in [5, 5.41) is 4.34. The van der Waals surface area contributed by atoms with Crippen molar-refractivity contribution in [1.29, 1.82) is 0 Å². The van der Waals surface area contributed by atoms with Gasteiger partial charge in [-0.2, -0.15) is 4.98 Å². The van der Waals surface area contributed by atoms with E-state index in [1.807, 2.05) is 6.07 Å². The van der Waals surface area contributed by atoms with Gasteiger partial charge in [0.1, 0.15) is 6.54 Å². The van der Waals surface area contributed by atoms with Crippen molar-refractivity contribution in [2.24, 2.45) is 0 Å². The zero-order valence-corrected chi connectivity index (χ0v) is 12.9. The molecule has 2 fully saturated rings. The van der Waals surface area contributed by atoms with Gasteiger partial charge in [-0.25, -0.2) is 4.79 Å². The van der Waals surface area contributed by atoms with Gasteiger partial charge in [-0.05, 0) is 25.0 Å². The average molecular weight is 333 g/mol.